The Balaban J connectivity index is 2.16. The van der Waals surface area contributed by atoms with E-state index < -0.39 is 6.04 Å². The van der Waals surface area contributed by atoms with Crippen molar-refractivity contribution in [1.29, 1.82) is 0 Å². The van der Waals surface area contributed by atoms with Crippen LogP contribution in [0.3, 0.4) is 0 Å². The van der Waals surface area contributed by atoms with Crippen molar-refractivity contribution < 1.29 is 9.59 Å². The summed E-state index contributed by atoms with van der Waals surface area (Å²) < 4.78 is 0. The van der Waals surface area contributed by atoms with E-state index in [4.69, 9.17) is 5.73 Å². The maximum Gasteiger partial charge on any atom is 0.251 e. The Bertz CT molecular complexity index is 467. The van der Waals surface area contributed by atoms with Gasteiger partial charge in [0.2, 0.25) is 11.9 Å². The number of hydrogen-bond acceptors (Lipinski definition) is 6. The number of aromatic nitrogens is 2. The van der Waals surface area contributed by atoms with E-state index in [2.05, 4.69) is 15.3 Å². The number of imide groups is 1. The number of nitrogens with zero attached hydrogens (tertiary/aromatic N) is 3. The van der Waals surface area contributed by atoms with E-state index in [1.165, 1.54) is 7.05 Å². The lowest BCUT2D eigenvalue weighted by Crippen LogP contribution is -2.32. The Morgan fingerprint density at radius 3 is 2.71 bits per heavy atom. The molecular weight excluding hydrogens is 222 g/mol. The van der Waals surface area contributed by atoms with Gasteiger partial charge in [0, 0.05) is 18.8 Å². The Morgan fingerprint density at radius 1 is 1.47 bits per heavy atom. The smallest absolute Gasteiger partial charge is 0.251 e. The molecular formula is C10H13N5O2. The Kier molecular flexibility index (Phi) is 2.66. The van der Waals surface area contributed by atoms with E-state index in [1.807, 2.05) is 0 Å². The first-order chi connectivity index (χ1) is 7.97. The van der Waals surface area contributed by atoms with Gasteiger partial charge < -0.3 is 11.1 Å². The molecule has 90 valence electrons. The van der Waals surface area contributed by atoms with Crippen LogP contribution < -0.4 is 11.1 Å². The van der Waals surface area contributed by atoms with Gasteiger partial charge in [-0.25, -0.2) is 4.98 Å². The molecule has 7 nitrogen and oxygen atoms in total. The second-order valence-corrected chi connectivity index (χ2v) is 3.94. The van der Waals surface area contributed by atoms with Crippen LogP contribution in [0.1, 0.15) is 12.1 Å². The molecule has 0 bridgehead atoms. The van der Waals surface area contributed by atoms with Crippen LogP contribution in [0.25, 0.3) is 0 Å². The van der Waals surface area contributed by atoms with Gasteiger partial charge in [-0.3, -0.25) is 14.5 Å². The van der Waals surface area contributed by atoms with Gasteiger partial charge in [0.05, 0.1) is 6.42 Å². The number of anilines is 2. The number of likely N-dealkylation sites (tertiary alicyclic amines) is 1. The minimum Gasteiger partial charge on any atom is -0.368 e. The fourth-order valence-corrected chi connectivity index (χ4v) is 1.71. The maximum absolute atomic E-state index is 11.7. The third kappa shape index (κ3) is 2.17. The molecule has 17 heavy (non-hydrogen) atoms. The summed E-state index contributed by atoms with van der Waals surface area (Å²) in [6.45, 7) is 1.77. The summed E-state index contributed by atoms with van der Waals surface area (Å²) in [5.41, 5.74) is 6.20. The number of nitrogens with one attached hydrogen (secondary N) is 1. The average Bonchev–Trinajstić information content (AvgIpc) is 2.45. The van der Waals surface area contributed by atoms with Crippen LogP contribution >= 0.6 is 0 Å². The van der Waals surface area contributed by atoms with Crippen molar-refractivity contribution >= 4 is 23.6 Å². The zero-order chi connectivity index (χ0) is 12.6. The summed E-state index contributed by atoms with van der Waals surface area (Å²) in [4.78, 5) is 32.0. The van der Waals surface area contributed by atoms with E-state index in [0.29, 0.717) is 11.5 Å². The summed E-state index contributed by atoms with van der Waals surface area (Å²) >= 11 is 0. The average molecular weight is 235 g/mol. The number of aryl methyl sites for hydroxylation is 1. The third-order valence-corrected chi connectivity index (χ3v) is 2.58. The summed E-state index contributed by atoms with van der Waals surface area (Å²) in [6.07, 6.45) is 0.137. The zero-order valence-electron chi connectivity index (χ0n) is 9.60. The molecule has 1 unspecified atom stereocenters. The van der Waals surface area contributed by atoms with Gasteiger partial charge in [-0.1, -0.05) is 0 Å². The molecule has 0 saturated carbocycles. The number of nitrogen functional groups attached to an aromatic ring is 1. The first-order valence-corrected chi connectivity index (χ1v) is 5.15. The zero-order valence-corrected chi connectivity index (χ0v) is 9.60. The number of carbonyl (C=O) groups excluding carboxylic acids is 2. The Labute approximate surface area is 98.0 Å². The highest BCUT2D eigenvalue weighted by Gasteiger charge is 2.36. The second kappa shape index (κ2) is 4.00. The molecule has 3 N–H and O–H groups in total. The van der Waals surface area contributed by atoms with E-state index >= 15 is 0 Å². The molecule has 1 aliphatic rings. The highest BCUT2D eigenvalue weighted by Crippen LogP contribution is 2.16. The lowest BCUT2D eigenvalue weighted by molar-refractivity contribution is -0.136. The van der Waals surface area contributed by atoms with Crippen LogP contribution in [0, 0.1) is 6.92 Å². The molecule has 7 heteroatoms. The lowest BCUT2D eigenvalue weighted by Gasteiger charge is -2.12. The highest BCUT2D eigenvalue weighted by molar-refractivity contribution is 6.06. The van der Waals surface area contributed by atoms with E-state index in [9.17, 15) is 9.59 Å². The van der Waals surface area contributed by atoms with E-state index in [0.717, 1.165) is 4.90 Å². The van der Waals surface area contributed by atoms with Crippen molar-refractivity contribution in [3.05, 3.63) is 11.8 Å². The summed E-state index contributed by atoms with van der Waals surface area (Å²) in [5.74, 6) is 0.130. The van der Waals surface area contributed by atoms with E-state index in [-0.39, 0.29) is 24.2 Å². The van der Waals surface area contributed by atoms with Gasteiger partial charge in [-0.05, 0) is 6.92 Å². The largest absolute Gasteiger partial charge is 0.368 e. The van der Waals surface area contributed by atoms with Crippen molar-refractivity contribution in [2.45, 2.75) is 19.4 Å². The predicted octanol–water partition coefficient (Wildman–Crippen LogP) is -0.464. The van der Waals surface area contributed by atoms with Crippen molar-refractivity contribution in [3.8, 4) is 0 Å². The molecule has 1 aliphatic heterocycles. The highest BCUT2D eigenvalue weighted by atomic mass is 16.2. The molecule has 2 rings (SSSR count). The molecule has 1 saturated heterocycles. The SMILES string of the molecule is Cc1cc(NC2CC(=O)N(C)C2=O)nc(N)n1. The summed E-state index contributed by atoms with van der Waals surface area (Å²) in [7, 11) is 1.46. The molecule has 0 aliphatic carbocycles. The molecule has 2 amide bonds. The molecule has 0 aromatic carbocycles. The van der Waals surface area contributed by atoms with Crippen LogP contribution in [-0.4, -0.2) is 39.8 Å². The molecule has 1 fully saturated rings. The van der Waals surface area contributed by atoms with Crippen molar-refractivity contribution in [3.63, 3.8) is 0 Å². The van der Waals surface area contributed by atoms with Gasteiger partial charge in [-0.2, -0.15) is 4.98 Å². The predicted molar refractivity (Wildman–Crippen MR) is 61.0 cm³/mol. The first kappa shape index (κ1) is 11.3. The lowest BCUT2D eigenvalue weighted by atomic mass is 10.2. The second-order valence-electron chi connectivity index (χ2n) is 3.94. The van der Waals surface area contributed by atoms with Crippen LogP contribution in [0.4, 0.5) is 11.8 Å². The van der Waals surface area contributed by atoms with Gasteiger partial charge in [0.15, 0.2) is 0 Å². The van der Waals surface area contributed by atoms with Crippen molar-refractivity contribution in [1.82, 2.24) is 14.9 Å². The van der Waals surface area contributed by atoms with E-state index in [1.54, 1.807) is 13.0 Å². The topological polar surface area (TPSA) is 101 Å². The third-order valence-electron chi connectivity index (χ3n) is 2.58. The summed E-state index contributed by atoms with van der Waals surface area (Å²) in [5, 5.41) is 2.89. The minimum atomic E-state index is -0.568. The van der Waals surface area contributed by atoms with Crippen LogP contribution in [0.2, 0.25) is 0 Å². The van der Waals surface area contributed by atoms with Crippen LogP contribution in [0.15, 0.2) is 6.07 Å². The maximum atomic E-state index is 11.7. The van der Waals surface area contributed by atoms with Gasteiger partial charge in [0.25, 0.3) is 5.91 Å². The van der Waals surface area contributed by atoms with Crippen LogP contribution in [0.5, 0.6) is 0 Å². The molecule has 1 atom stereocenters. The number of nitrogens with two attached hydrogens (primary N) is 1. The number of carbonyl (C=O) groups is 2. The normalized spacial score (nSPS) is 19.9. The molecule has 1 aromatic rings. The molecule has 0 radical (unpaired) electrons. The van der Waals surface area contributed by atoms with Gasteiger partial charge in [-0.15, -0.1) is 0 Å². The Morgan fingerprint density at radius 2 is 2.18 bits per heavy atom. The fourth-order valence-electron chi connectivity index (χ4n) is 1.71. The quantitative estimate of drug-likeness (QED) is 0.672. The monoisotopic (exact) mass is 235 g/mol. The first-order valence-electron chi connectivity index (χ1n) is 5.15. The molecule has 0 spiro atoms. The van der Waals surface area contributed by atoms with Crippen molar-refractivity contribution in [2.75, 3.05) is 18.1 Å². The Hall–Kier alpha value is -2.18. The van der Waals surface area contributed by atoms with Gasteiger partial charge in [0.1, 0.15) is 11.9 Å². The van der Waals surface area contributed by atoms with Crippen LogP contribution in [-0.2, 0) is 9.59 Å². The molecule has 2 heterocycles. The number of amides is 2. The number of likely N-dealkylation sites (N-methyl/N-ethyl adjacent to an activating group) is 1. The van der Waals surface area contributed by atoms with Crippen molar-refractivity contribution in [2.24, 2.45) is 0 Å². The number of rotatable bonds is 2. The molecule has 1 aromatic heterocycles. The summed E-state index contributed by atoms with van der Waals surface area (Å²) in [6, 6.07) is 1.10. The fraction of sp³-hybridized carbons (Fsp3) is 0.400. The standard InChI is InChI=1S/C10H13N5O2/c1-5-3-7(14-10(11)12-5)13-6-4-8(16)15(2)9(6)17/h3,6H,4H2,1-2H3,(H3,11,12,13,14). The number of hydrogen-bond donors (Lipinski definition) is 2. The van der Waals surface area contributed by atoms with Gasteiger partial charge >= 0.3 is 0 Å². The minimum absolute atomic E-state index is 0.137.